The van der Waals surface area contributed by atoms with Gasteiger partial charge in [0.1, 0.15) is 0 Å². The Morgan fingerprint density at radius 3 is 2.75 bits per heavy atom. The summed E-state index contributed by atoms with van der Waals surface area (Å²) in [6, 6.07) is 8.38. The highest BCUT2D eigenvalue weighted by atomic mass is 35.5. The van der Waals surface area contributed by atoms with Gasteiger partial charge in [-0.25, -0.2) is 0 Å². The van der Waals surface area contributed by atoms with Crippen molar-refractivity contribution in [2.24, 2.45) is 5.73 Å². The summed E-state index contributed by atoms with van der Waals surface area (Å²) in [6.45, 7) is 6.32. The number of hydrogen-bond acceptors (Lipinski definition) is 2. The van der Waals surface area contributed by atoms with Crippen LogP contribution in [0.4, 0.5) is 0 Å². The second kappa shape index (κ2) is 6.42. The predicted octanol–water partition coefficient (Wildman–Crippen LogP) is 4.06. The van der Waals surface area contributed by atoms with Crippen molar-refractivity contribution in [3.8, 4) is 0 Å². The number of nitrogens with zero attached hydrogens (tertiary/aromatic N) is 2. The molecule has 20 heavy (non-hydrogen) atoms. The molecule has 0 aliphatic carbocycles. The Balaban J connectivity index is 2.09. The topological polar surface area (TPSA) is 43.8 Å². The average molecular weight is 292 g/mol. The normalized spacial score (nSPS) is 14.2. The number of halogens is 1. The summed E-state index contributed by atoms with van der Waals surface area (Å²) >= 11 is 6.04. The van der Waals surface area contributed by atoms with Gasteiger partial charge < -0.3 is 5.73 Å². The van der Waals surface area contributed by atoms with E-state index in [1.54, 1.807) is 0 Å². The number of aryl methyl sites for hydroxylation is 1. The highest BCUT2D eigenvalue weighted by molar-refractivity contribution is 6.31. The maximum atomic E-state index is 6.27. The van der Waals surface area contributed by atoms with Crippen LogP contribution in [0.1, 0.15) is 49.2 Å². The first-order chi connectivity index (χ1) is 9.51. The largest absolute Gasteiger partial charge is 0.324 e. The molecular formula is C16H22ClN3. The molecule has 2 rings (SSSR count). The first-order valence-electron chi connectivity index (χ1n) is 7.07. The molecule has 108 valence electrons. The second-order valence-electron chi connectivity index (χ2n) is 5.36. The molecule has 0 radical (unpaired) electrons. The van der Waals surface area contributed by atoms with Gasteiger partial charge in [0.25, 0.3) is 0 Å². The van der Waals surface area contributed by atoms with E-state index in [2.05, 4.69) is 31.1 Å². The minimum absolute atomic E-state index is 0.0498. The molecular weight excluding hydrogens is 270 g/mol. The van der Waals surface area contributed by atoms with Crippen LogP contribution in [0.2, 0.25) is 5.02 Å². The molecule has 3 nitrogen and oxygen atoms in total. The highest BCUT2D eigenvalue weighted by Crippen LogP contribution is 2.22. The Labute approximate surface area is 125 Å². The molecule has 0 saturated heterocycles. The zero-order chi connectivity index (χ0) is 14.7. The Hall–Kier alpha value is -1.32. The number of nitrogens with two attached hydrogens (primary N) is 1. The molecule has 2 N–H and O–H groups in total. The first kappa shape index (κ1) is 15.1. The van der Waals surface area contributed by atoms with Gasteiger partial charge in [-0.15, -0.1) is 0 Å². The zero-order valence-electron chi connectivity index (χ0n) is 12.3. The number of benzene rings is 1. The van der Waals surface area contributed by atoms with E-state index in [0.29, 0.717) is 6.04 Å². The molecule has 0 saturated carbocycles. The van der Waals surface area contributed by atoms with Crippen molar-refractivity contribution in [1.82, 2.24) is 9.78 Å². The molecule has 1 heterocycles. The quantitative estimate of drug-likeness (QED) is 0.903. The summed E-state index contributed by atoms with van der Waals surface area (Å²) in [5.41, 5.74) is 9.47. The standard InChI is InChI=1S/C16H22ClN3/c1-4-12(3)20-8-7-14(19-20)10-16(18)13-5-6-15(17)11(2)9-13/h5-9,12,16H,4,10,18H2,1-3H3. The summed E-state index contributed by atoms with van der Waals surface area (Å²) in [7, 11) is 0. The maximum absolute atomic E-state index is 6.27. The maximum Gasteiger partial charge on any atom is 0.0643 e. The molecule has 0 aliphatic heterocycles. The lowest BCUT2D eigenvalue weighted by atomic mass is 10.0. The van der Waals surface area contributed by atoms with Crippen LogP contribution >= 0.6 is 11.6 Å². The van der Waals surface area contributed by atoms with E-state index in [9.17, 15) is 0 Å². The summed E-state index contributed by atoms with van der Waals surface area (Å²) in [5, 5.41) is 5.38. The van der Waals surface area contributed by atoms with Crippen LogP contribution in [0, 0.1) is 6.92 Å². The molecule has 1 aromatic carbocycles. The van der Waals surface area contributed by atoms with Crippen molar-refractivity contribution in [1.29, 1.82) is 0 Å². The van der Waals surface area contributed by atoms with E-state index >= 15 is 0 Å². The minimum atomic E-state index is -0.0498. The number of aromatic nitrogens is 2. The van der Waals surface area contributed by atoms with Crippen LogP contribution in [-0.2, 0) is 6.42 Å². The van der Waals surface area contributed by atoms with Crippen LogP contribution in [0.5, 0.6) is 0 Å². The van der Waals surface area contributed by atoms with Crippen molar-refractivity contribution in [2.45, 2.75) is 45.7 Å². The monoisotopic (exact) mass is 291 g/mol. The Bertz CT molecular complexity index is 577. The van der Waals surface area contributed by atoms with Gasteiger partial charge in [-0.1, -0.05) is 30.7 Å². The van der Waals surface area contributed by atoms with Crippen molar-refractivity contribution in [2.75, 3.05) is 0 Å². The highest BCUT2D eigenvalue weighted by Gasteiger charge is 2.11. The smallest absolute Gasteiger partial charge is 0.0643 e. The van der Waals surface area contributed by atoms with Gasteiger partial charge in [-0.2, -0.15) is 5.10 Å². The Morgan fingerprint density at radius 2 is 2.10 bits per heavy atom. The number of hydrogen-bond donors (Lipinski definition) is 1. The van der Waals surface area contributed by atoms with E-state index in [1.807, 2.05) is 29.9 Å². The first-order valence-corrected chi connectivity index (χ1v) is 7.44. The van der Waals surface area contributed by atoms with Crippen molar-refractivity contribution < 1.29 is 0 Å². The predicted molar refractivity (Wildman–Crippen MR) is 84.1 cm³/mol. The fourth-order valence-corrected chi connectivity index (χ4v) is 2.28. The van der Waals surface area contributed by atoms with Crippen molar-refractivity contribution in [3.63, 3.8) is 0 Å². The summed E-state index contributed by atoms with van der Waals surface area (Å²) in [5.74, 6) is 0. The van der Waals surface area contributed by atoms with Crippen LogP contribution in [0.25, 0.3) is 0 Å². The fourth-order valence-electron chi connectivity index (χ4n) is 2.16. The summed E-state index contributed by atoms with van der Waals surface area (Å²) in [6.07, 6.45) is 3.84. The van der Waals surface area contributed by atoms with E-state index < -0.39 is 0 Å². The van der Waals surface area contributed by atoms with Gasteiger partial charge in [0.05, 0.1) is 5.69 Å². The molecule has 0 bridgehead atoms. The molecule has 2 unspecified atom stereocenters. The average Bonchev–Trinajstić information content (AvgIpc) is 2.89. The molecule has 1 aromatic heterocycles. The van der Waals surface area contributed by atoms with E-state index in [1.165, 1.54) is 0 Å². The summed E-state index contributed by atoms with van der Waals surface area (Å²) in [4.78, 5) is 0. The van der Waals surface area contributed by atoms with E-state index in [0.717, 1.165) is 34.7 Å². The molecule has 2 aromatic rings. The third kappa shape index (κ3) is 3.41. The van der Waals surface area contributed by atoms with Gasteiger partial charge in [0.2, 0.25) is 0 Å². The second-order valence-corrected chi connectivity index (χ2v) is 5.77. The molecule has 0 spiro atoms. The SMILES string of the molecule is CCC(C)n1ccc(CC(N)c2ccc(Cl)c(C)c2)n1. The fraction of sp³-hybridized carbons (Fsp3) is 0.438. The molecule has 0 fully saturated rings. The molecule has 0 amide bonds. The lowest BCUT2D eigenvalue weighted by Gasteiger charge is -2.12. The third-order valence-electron chi connectivity index (χ3n) is 3.75. The zero-order valence-corrected chi connectivity index (χ0v) is 13.1. The van der Waals surface area contributed by atoms with Gasteiger partial charge in [0.15, 0.2) is 0 Å². The third-order valence-corrected chi connectivity index (χ3v) is 4.17. The lowest BCUT2D eigenvalue weighted by Crippen LogP contribution is -2.14. The lowest BCUT2D eigenvalue weighted by molar-refractivity contribution is 0.472. The van der Waals surface area contributed by atoms with Gasteiger partial charge >= 0.3 is 0 Å². The van der Waals surface area contributed by atoms with Crippen LogP contribution in [0.3, 0.4) is 0 Å². The Kier molecular flexibility index (Phi) is 4.84. The molecule has 2 atom stereocenters. The van der Waals surface area contributed by atoms with Crippen LogP contribution in [-0.4, -0.2) is 9.78 Å². The van der Waals surface area contributed by atoms with Crippen LogP contribution in [0.15, 0.2) is 30.5 Å². The van der Waals surface area contributed by atoms with Crippen LogP contribution < -0.4 is 5.73 Å². The van der Waals surface area contributed by atoms with Gasteiger partial charge in [-0.3, -0.25) is 4.68 Å². The molecule has 0 aliphatic rings. The van der Waals surface area contributed by atoms with Gasteiger partial charge in [0, 0.05) is 29.7 Å². The van der Waals surface area contributed by atoms with Crippen molar-refractivity contribution in [3.05, 3.63) is 52.3 Å². The summed E-state index contributed by atoms with van der Waals surface area (Å²) < 4.78 is 2.01. The Morgan fingerprint density at radius 1 is 1.35 bits per heavy atom. The van der Waals surface area contributed by atoms with Gasteiger partial charge in [-0.05, 0) is 43.5 Å². The van der Waals surface area contributed by atoms with E-state index in [4.69, 9.17) is 17.3 Å². The van der Waals surface area contributed by atoms with Crippen molar-refractivity contribution >= 4 is 11.6 Å². The van der Waals surface area contributed by atoms with E-state index in [-0.39, 0.29) is 6.04 Å². The number of rotatable bonds is 5. The minimum Gasteiger partial charge on any atom is -0.324 e. The molecule has 4 heteroatoms.